The Balaban J connectivity index is 0.00000144. The molecule has 2 heterocycles. The van der Waals surface area contributed by atoms with Gasteiger partial charge in [-0.1, -0.05) is 6.92 Å². The lowest BCUT2D eigenvalue weighted by Crippen LogP contribution is -2.17. The van der Waals surface area contributed by atoms with Gasteiger partial charge in [-0.15, -0.1) is 23.7 Å². The average molecular weight is 273 g/mol. The van der Waals surface area contributed by atoms with Gasteiger partial charge in [-0.3, -0.25) is 0 Å². The smallest absolute Gasteiger partial charge is 0.0925 e. The van der Waals surface area contributed by atoms with E-state index in [0.717, 1.165) is 31.6 Å². The molecule has 0 atom stereocenters. The number of imidazole rings is 1. The standard InChI is InChI=1S/C11H16N4S.ClH/c1-2-11-15-9(7-16-11)3-4-12-5-10-6-13-8-14-10;/h6-8,12H,2-5H2,1H3,(H,13,14);1H. The first-order valence-corrected chi connectivity index (χ1v) is 6.37. The molecule has 0 aliphatic carbocycles. The van der Waals surface area contributed by atoms with Crippen LogP contribution in [0.2, 0.25) is 0 Å². The summed E-state index contributed by atoms with van der Waals surface area (Å²) in [7, 11) is 0. The summed E-state index contributed by atoms with van der Waals surface area (Å²) in [5, 5.41) is 6.73. The summed E-state index contributed by atoms with van der Waals surface area (Å²) in [4.78, 5) is 11.6. The molecule has 0 bridgehead atoms. The minimum atomic E-state index is 0. The number of H-pyrrole nitrogens is 1. The van der Waals surface area contributed by atoms with Gasteiger partial charge in [0.2, 0.25) is 0 Å². The summed E-state index contributed by atoms with van der Waals surface area (Å²) in [5.41, 5.74) is 2.31. The second-order valence-electron chi connectivity index (χ2n) is 3.59. The number of hydrogen-bond donors (Lipinski definition) is 2. The van der Waals surface area contributed by atoms with Crippen LogP contribution in [-0.2, 0) is 19.4 Å². The predicted octanol–water partition coefficient (Wildman–Crippen LogP) is 2.18. The summed E-state index contributed by atoms with van der Waals surface area (Å²) in [6.07, 6.45) is 5.56. The highest BCUT2D eigenvalue weighted by molar-refractivity contribution is 7.09. The van der Waals surface area contributed by atoms with Crippen molar-refractivity contribution < 1.29 is 0 Å². The Morgan fingerprint density at radius 1 is 1.47 bits per heavy atom. The fraction of sp³-hybridized carbons (Fsp3) is 0.455. The SMILES string of the molecule is CCc1nc(CCNCc2cnc[nH]2)cs1.Cl. The van der Waals surface area contributed by atoms with Crippen molar-refractivity contribution in [3.63, 3.8) is 0 Å². The van der Waals surface area contributed by atoms with E-state index in [0.29, 0.717) is 0 Å². The van der Waals surface area contributed by atoms with Crippen LogP contribution in [0.3, 0.4) is 0 Å². The number of halogens is 1. The van der Waals surface area contributed by atoms with Crippen molar-refractivity contribution in [1.29, 1.82) is 0 Å². The number of rotatable bonds is 6. The molecule has 0 saturated heterocycles. The van der Waals surface area contributed by atoms with Crippen LogP contribution in [0.1, 0.15) is 23.3 Å². The van der Waals surface area contributed by atoms with E-state index in [2.05, 4.69) is 32.6 Å². The molecule has 2 N–H and O–H groups in total. The van der Waals surface area contributed by atoms with Crippen molar-refractivity contribution in [3.05, 3.63) is 34.3 Å². The van der Waals surface area contributed by atoms with Crippen LogP contribution in [0.15, 0.2) is 17.9 Å². The Morgan fingerprint density at radius 3 is 3.00 bits per heavy atom. The minimum absolute atomic E-state index is 0. The van der Waals surface area contributed by atoms with Crippen molar-refractivity contribution in [3.8, 4) is 0 Å². The van der Waals surface area contributed by atoms with Crippen LogP contribution in [0.25, 0.3) is 0 Å². The number of aromatic nitrogens is 3. The molecule has 2 aromatic rings. The molecule has 2 rings (SSSR count). The summed E-state index contributed by atoms with van der Waals surface area (Å²) in [5.74, 6) is 0. The Labute approximate surface area is 111 Å². The van der Waals surface area contributed by atoms with Crippen LogP contribution in [0.5, 0.6) is 0 Å². The summed E-state index contributed by atoms with van der Waals surface area (Å²) >= 11 is 1.75. The van der Waals surface area contributed by atoms with Gasteiger partial charge >= 0.3 is 0 Å². The molecule has 0 aliphatic heterocycles. The average Bonchev–Trinajstić information content (AvgIpc) is 2.95. The third kappa shape index (κ3) is 4.46. The molecule has 0 unspecified atom stereocenters. The van der Waals surface area contributed by atoms with Crippen LogP contribution < -0.4 is 5.32 Å². The van der Waals surface area contributed by atoms with Crippen LogP contribution in [0.4, 0.5) is 0 Å². The Hall–Kier alpha value is -0.910. The molecule has 0 aromatic carbocycles. The molecular weight excluding hydrogens is 256 g/mol. The summed E-state index contributed by atoms with van der Waals surface area (Å²) < 4.78 is 0. The second-order valence-corrected chi connectivity index (χ2v) is 4.53. The third-order valence-corrected chi connectivity index (χ3v) is 3.37. The molecule has 0 saturated carbocycles. The summed E-state index contributed by atoms with van der Waals surface area (Å²) in [6, 6.07) is 0. The van der Waals surface area contributed by atoms with Gasteiger partial charge < -0.3 is 10.3 Å². The number of hydrogen-bond acceptors (Lipinski definition) is 4. The highest BCUT2D eigenvalue weighted by Gasteiger charge is 1.99. The highest BCUT2D eigenvalue weighted by Crippen LogP contribution is 2.10. The maximum atomic E-state index is 4.52. The zero-order valence-electron chi connectivity index (χ0n) is 9.77. The lowest BCUT2D eigenvalue weighted by Gasteiger charge is -2.00. The van der Waals surface area contributed by atoms with E-state index in [1.54, 1.807) is 17.7 Å². The first kappa shape index (κ1) is 14.2. The van der Waals surface area contributed by atoms with Gasteiger partial charge in [-0.2, -0.15) is 0 Å². The Bertz CT molecular complexity index is 413. The Kier molecular flexibility index (Phi) is 6.18. The number of aryl methyl sites for hydroxylation is 1. The van der Waals surface area contributed by atoms with Crippen LogP contribution in [-0.4, -0.2) is 21.5 Å². The van der Waals surface area contributed by atoms with Crippen molar-refractivity contribution in [2.24, 2.45) is 0 Å². The lowest BCUT2D eigenvalue weighted by molar-refractivity contribution is 0.671. The zero-order valence-corrected chi connectivity index (χ0v) is 11.4. The van der Waals surface area contributed by atoms with Gasteiger partial charge in [-0.25, -0.2) is 9.97 Å². The first-order chi connectivity index (χ1) is 7.88. The molecule has 0 aliphatic rings. The van der Waals surface area contributed by atoms with E-state index in [1.807, 2.05) is 6.20 Å². The van der Waals surface area contributed by atoms with E-state index in [9.17, 15) is 0 Å². The molecule has 0 spiro atoms. The number of thiazole rings is 1. The van der Waals surface area contributed by atoms with Gasteiger partial charge in [0.05, 0.1) is 17.0 Å². The molecule has 2 aromatic heterocycles. The van der Waals surface area contributed by atoms with Crippen molar-refractivity contribution >= 4 is 23.7 Å². The van der Waals surface area contributed by atoms with E-state index in [1.165, 1.54) is 10.7 Å². The fourth-order valence-electron chi connectivity index (χ4n) is 1.45. The normalized spacial score (nSPS) is 10.2. The Morgan fingerprint density at radius 2 is 2.35 bits per heavy atom. The molecule has 17 heavy (non-hydrogen) atoms. The third-order valence-electron chi connectivity index (χ3n) is 2.33. The van der Waals surface area contributed by atoms with E-state index < -0.39 is 0 Å². The van der Waals surface area contributed by atoms with Crippen molar-refractivity contribution in [2.75, 3.05) is 6.54 Å². The van der Waals surface area contributed by atoms with Gasteiger partial charge in [0, 0.05) is 36.8 Å². The number of nitrogens with zero attached hydrogens (tertiary/aromatic N) is 2. The molecule has 94 valence electrons. The molecule has 0 radical (unpaired) electrons. The number of nitrogens with one attached hydrogen (secondary N) is 2. The van der Waals surface area contributed by atoms with Gasteiger partial charge in [-0.05, 0) is 6.42 Å². The van der Waals surface area contributed by atoms with Gasteiger partial charge in [0.15, 0.2) is 0 Å². The first-order valence-electron chi connectivity index (χ1n) is 5.49. The topological polar surface area (TPSA) is 53.6 Å². The monoisotopic (exact) mass is 272 g/mol. The molecule has 0 fully saturated rings. The molecule has 4 nitrogen and oxygen atoms in total. The minimum Gasteiger partial charge on any atom is -0.347 e. The lowest BCUT2D eigenvalue weighted by atomic mass is 10.3. The quantitative estimate of drug-likeness (QED) is 0.793. The van der Waals surface area contributed by atoms with Crippen molar-refractivity contribution in [2.45, 2.75) is 26.3 Å². The molecular formula is C11H17ClN4S. The van der Waals surface area contributed by atoms with Gasteiger partial charge in [0.25, 0.3) is 0 Å². The highest BCUT2D eigenvalue weighted by atomic mass is 35.5. The van der Waals surface area contributed by atoms with E-state index in [-0.39, 0.29) is 12.4 Å². The number of aromatic amines is 1. The zero-order chi connectivity index (χ0) is 11.2. The van der Waals surface area contributed by atoms with E-state index in [4.69, 9.17) is 0 Å². The van der Waals surface area contributed by atoms with Crippen molar-refractivity contribution in [1.82, 2.24) is 20.3 Å². The largest absolute Gasteiger partial charge is 0.347 e. The van der Waals surface area contributed by atoms with Crippen LogP contribution in [0, 0.1) is 0 Å². The second kappa shape index (κ2) is 7.42. The molecule has 6 heteroatoms. The summed E-state index contributed by atoms with van der Waals surface area (Å²) in [6.45, 7) is 3.93. The molecule has 0 amide bonds. The van der Waals surface area contributed by atoms with E-state index >= 15 is 0 Å². The predicted molar refractivity (Wildman–Crippen MR) is 72.7 cm³/mol. The fourth-order valence-corrected chi connectivity index (χ4v) is 2.23. The maximum absolute atomic E-state index is 4.52. The van der Waals surface area contributed by atoms with Gasteiger partial charge in [0.1, 0.15) is 0 Å². The maximum Gasteiger partial charge on any atom is 0.0925 e. The van der Waals surface area contributed by atoms with Crippen LogP contribution >= 0.6 is 23.7 Å².